The van der Waals surface area contributed by atoms with E-state index in [0.717, 1.165) is 25.3 Å². The summed E-state index contributed by atoms with van der Waals surface area (Å²) in [5.74, 6) is 0.0715. The molecule has 1 aromatic carbocycles. The van der Waals surface area contributed by atoms with Gasteiger partial charge >= 0.3 is 0 Å². The molecule has 1 aromatic heterocycles. The number of aromatic nitrogens is 4. The standard InChI is InChI=1S/C13H16N6O.ClH/c1-10-8-14-6-7-18(10)13(20)11-2-4-12(5-3-11)19-9-15-16-17-19;/h2-5,9-10,14H,6-8H2,1H3;1H/t10-;/m1./s1. The number of nitrogens with one attached hydrogen (secondary N) is 1. The Bertz CT molecular complexity index is 585. The highest BCUT2D eigenvalue weighted by atomic mass is 35.5. The highest BCUT2D eigenvalue weighted by Gasteiger charge is 2.23. The van der Waals surface area contributed by atoms with E-state index in [9.17, 15) is 4.79 Å². The summed E-state index contributed by atoms with van der Waals surface area (Å²) in [6, 6.07) is 7.53. The van der Waals surface area contributed by atoms with E-state index in [1.54, 1.807) is 4.68 Å². The smallest absolute Gasteiger partial charge is 0.254 e. The summed E-state index contributed by atoms with van der Waals surface area (Å²) in [5.41, 5.74) is 1.52. The van der Waals surface area contributed by atoms with Crippen LogP contribution in [0.5, 0.6) is 0 Å². The van der Waals surface area contributed by atoms with E-state index in [0.29, 0.717) is 5.56 Å². The van der Waals surface area contributed by atoms with Gasteiger partial charge in [0.25, 0.3) is 5.91 Å². The second-order valence-electron chi connectivity index (χ2n) is 4.85. The number of halogens is 1. The molecule has 0 bridgehead atoms. The van der Waals surface area contributed by atoms with Gasteiger partial charge in [-0.2, -0.15) is 0 Å². The molecule has 112 valence electrons. The lowest BCUT2D eigenvalue weighted by Crippen LogP contribution is -2.52. The lowest BCUT2D eigenvalue weighted by Gasteiger charge is -2.34. The molecule has 1 atom stereocenters. The zero-order valence-electron chi connectivity index (χ0n) is 11.6. The van der Waals surface area contributed by atoms with Crippen molar-refractivity contribution in [3.8, 4) is 5.69 Å². The van der Waals surface area contributed by atoms with E-state index in [1.165, 1.54) is 6.33 Å². The molecular formula is C13H17ClN6O. The van der Waals surface area contributed by atoms with Crippen LogP contribution in [0.15, 0.2) is 30.6 Å². The van der Waals surface area contributed by atoms with Crippen LogP contribution in [0.1, 0.15) is 17.3 Å². The Hall–Kier alpha value is -1.99. The lowest BCUT2D eigenvalue weighted by atomic mass is 10.1. The van der Waals surface area contributed by atoms with Crippen LogP contribution >= 0.6 is 12.4 Å². The van der Waals surface area contributed by atoms with Crippen molar-refractivity contribution in [2.24, 2.45) is 0 Å². The summed E-state index contributed by atoms with van der Waals surface area (Å²) in [7, 11) is 0. The molecule has 2 aromatic rings. The van der Waals surface area contributed by atoms with Crippen molar-refractivity contribution in [3.63, 3.8) is 0 Å². The van der Waals surface area contributed by atoms with E-state index >= 15 is 0 Å². The van der Waals surface area contributed by atoms with Gasteiger partial charge in [0.1, 0.15) is 6.33 Å². The second kappa shape index (κ2) is 6.64. The third-order valence-corrected chi connectivity index (χ3v) is 3.49. The maximum absolute atomic E-state index is 12.5. The van der Waals surface area contributed by atoms with Gasteiger partial charge in [0, 0.05) is 31.2 Å². The van der Waals surface area contributed by atoms with Gasteiger partial charge in [0.2, 0.25) is 0 Å². The summed E-state index contributed by atoms with van der Waals surface area (Å²) in [5, 5.41) is 14.3. The van der Waals surface area contributed by atoms with Gasteiger partial charge in [-0.05, 0) is 41.6 Å². The van der Waals surface area contributed by atoms with Crippen LogP contribution in [0.3, 0.4) is 0 Å². The molecule has 0 radical (unpaired) electrons. The van der Waals surface area contributed by atoms with Crippen LogP contribution in [-0.4, -0.2) is 56.7 Å². The summed E-state index contributed by atoms with van der Waals surface area (Å²) in [4.78, 5) is 14.4. The SMILES string of the molecule is C[C@@H]1CNCCN1C(=O)c1ccc(-n2cnnn2)cc1.Cl. The monoisotopic (exact) mass is 308 g/mol. The first-order valence-corrected chi connectivity index (χ1v) is 6.61. The van der Waals surface area contributed by atoms with E-state index in [-0.39, 0.29) is 24.4 Å². The van der Waals surface area contributed by atoms with E-state index < -0.39 is 0 Å². The number of tetrazole rings is 1. The van der Waals surface area contributed by atoms with Gasteiger partial charge in [-0.15, -0.1) is 17.5 Å². The minimum atomic E-state index is 0. The third kappa shape index (κ3) is 3.20. The third-order valence-electron chi connectivity index (χ3n) is 3.49. The minimum Gasteiger partial charge on any atom is -0.333 e. The number of benzene rings is 1. The van der Waals surface area contributed by atoms with Crippen molar-refractivity contribution in [1.82, 2.24) is 30.4 Å². The first kappa shape index (κ1) is 15.4. The van der Waals surface area contributed by atoms with Gasteiger partial charge in [-0.3, -0.25) is 4.79 Å². The van der Waals surface area contributed by atoms with E-state index in [4.69, 9.17) is 0 Å². The number of nitrogens with zero attached hydrogens (tertiary/aromatic N) is 5. The summed E-state index contributed by atoms with van der Waals surface area (Å²) < 4.78 is 1.56. The number of hydrogen-bond donors (Lipinski definition) is 1. The van der Waals surface area contributed by atoms with Gasteiger partial charge in [-0.1, -0.05) is 0 Å². The molecule has 0 aliphatic carbocycles. The Morgan fingerprint density at radius 3 is 2.71 bits per heavy atom. The number of hydrogen-bond acceptors (Lipinski definition) is 5. The summed E-state index contributed by atoms with van der Waals surface area (Å²) >= 11 is 0. The van der Waals surface area contributed by atoms with Gasteiger partial charge < -0.3 is 10.2 Å². The largest absolute Gasteiger partial charge is 0.333 e. The molecule has 2 heterocycles. The Kier molecular flexibility index (Phi) is 4.87. The number of rotatable bonds is 2. The maximum Gasteiger partial charge on any atom is 0.254 e. The van der Waals surface area contributed by atoms with Gasteiger partial charge in [0.05, 0.1) is 5.69 Å². The van der Waals surface area contributed by atoms with Crippen LogP contribution in [0.2, 0.25) is 0 Å². The van der Waals surface area contributed by atoms with Crippen LogP contribution in [0.25, 0.3) is 5.69 Å². The van der Waals surface area contributed by atoms with Crippen LogP contribution in [0.4, 0.5) is 0 Å². The van der Waals surface area contributed by atoms with Crippen molar-refractivity contribution in [2.75, 3.05) is 19.6 Å². The Morgan fingerprint density at radius 1 is 1.33 bits per heavy atom. The Labute approximate surface area is 128 Å². The first-order chi connectivity index (χ1) is 9.75. The van der Waals surface area contributed by atoms with Crippen LogP contribution in [-0.2, 0) is 0 Å². The fraction of sp³-hybridized carbons (Fsp3) is 0.385. The molecule has 1 aliphatic rings. The first-order valence-electron chi connectivity index (χ1n) is 6.61. The summed E-state index contributed by atoms with van der Waals surface area (Å²) in [6.07, 6.45) is 1.52. The van der Waals surface area contributed by atoms with E-state index in [2.05, 4.69) is 27.8 Å². The number of carbonyl (C=O) groups excluding carboxylic acids is 1. The molecule has 1 amide bonds. The van der Waals surface area contributed by atoms with Crippen LogP contribution in [0, 0.1) is 0 Å². The molecule has 0 saturated carbocycles. The maximum atomic E-state index is 12.5. The average molecular weight is 309 g/mol. The van der Waals surface area contributed by atoms with Gasteiger partial charge in [-0.25, -0.2) is 4.68 Å². The van der Waals surface area contributed by atoms with Crippen molar-refractivity contribution in [2.45, 2.75) is 13.0 Å². The fourth-order valence-corrected chi connectivity index (χ4v) is 2.34. The predicted octanol–water partition coefficient (Wildman–Crippen LogP) is 0.518. The van der Waals surface area contributed by atoms with Crippen molar-refractivity contribution in [3.05, 3.63) is 36.2 Å². The molecule has 1 N–H and O–H groups in total. The normalized spacial score (nSPS) is 18.1. The number of carbonyl (C=O) groups is 1. The molecule has 3 rings (SSSR count). The van der Waals surface area contributed by atoms with Crippen molar-refractivity contribution < 1.29 is 4.79 Å². The summed E-state index contributed by atoms with van der Waals surface area (Å²) in [6.45, 7) is 4.49. The lowest BCUT2D eigenvalue weighted by molar-refractivity contribution is 0.0656. The quantitative estimate of drug-likeness (QED) is 0.875. The topological polar surface area (TPSA) is 75.9 Å². The average Bonchev–Trinajstić information content (AvgIpc) is 3.01. The van der Waals surface area contributed by atoms with Crippen LogP contribution < -0.4 is 5.32 Å². The molecule has 0 spiro atoms. The highest BCUT2D eigenvalue weighted by molar-refractivity contribution is 5.94. The molecule has 0 unspecified atom stereocenters. The fourth-order valence-electron chi connectivity index (χ4n) is 2.34. The molecular weight excluding hydrogens is 292 g/mol. The molecule has 21 heavy (non-hydrogen) atoms. The van der Waals surface area contributed by atoms with Crippen molar-refractivity contribution in [1.29, 1.82) is 0 Å². The van der Waals surface area contributed by atoms with Crippen molar-refractivity contribution >= 4 is 18.3 Å². The number of amides is 1. The second-order valence-corrected chi connectivity index (χ2v) is 4.85. The highest BCUT2D eigenvalue weighted by Crippen LogP contribution is 2.13. The minimum absolute atomic E-state index is 0. The molecule has 8 heteroatoms. The molecule has 1 aliphatic heterocycles. The Morgan fingerprint density at radius 2 is 2.10 bits per heavy atom. The molecule has 1 saturated heterocycles. The zero-order chi connectivity index (χ0) is 13.9. The Balaban J connectivity index is 0.00000161. The molecule has 7 nitrogen and oxygen atoms in total. The number of piperazine rings is 1. The van der Waals surface area contributed by atoms with Gasteiger partial charge in [0.15, 0.2) is 0 Å². The zero-order valence-corrected chi connectivity index (χ0v) is 12.5. The van der Waals surface area contributed by atoms with E-state index in [1.807, 2.05) is 29.2 Å². The molecule has 1 fully saturated rings. The predicted molar refractivity (Wildman–Crippen MR) is 79.8 cm³/mol.